The summed E-state index contributed by atoms with van der Waals surface area (Å²) in [5.41, 5.74) is 3.04. The Labute approximate surface area is 137 Å². The summed E-state index contributed by atoms with van der Waals surface area (Å²) in [6.45, 7) is 9.29. The van der Waals surface area contributed by atoms with E-state index in [4.69, 9.17) is 0 Å². The molecule has 0 fully saturated rings. The van der Waals surface area contributed by atoms with Crippen LogP contribution in [0.3, 0.4) is 0 Å². The van der Waals surface area contributed by atoms with Gasteiger partial charge < -0.3 is 0 Å². The fourth-order valence-electron chi connectivity index (χ4n) is 3.43. The van der Waals surface area contributed by atoms with Gasteiger partial charge in [-0.1, -0.05) is 0 Å². The van der Waals surface area contributed by atoms with E-state index in [1.165, 1.54) is 48.5 Å². The van der Waals surface area contributed by atoms with Gasteiger partial charge in [-0.25, -0.2) is 0 Å². The second-order valence-electron chi connectivity index (χ2n) is 6.97. The van der Waals surface area contributed by atoms with E-state index >= 15 is 0 Å². The minimum absolute atomic E-state index is 1.38. The zero-order chi connectivity index (χ0) is 15.6. The molecule has 0 aromatic heterocycles. The molecule has 1 rings (SSSR count). The average molecular weight is 395 g/mol. The van der Waals surface area contributed by atoms with Crippen molar-refractivity contribution >= 4 is 18.4 Å². The number of benzene rings is 1. The molecule has 0 atom stereocenters. The van der Waals surface area contributed by atoms with Gasteiger partial charge in [0.15, 0.2) is 0 Å². The van der Waals surface area contributed by atoms with Crippen molar-refractivity contribution in [3.05, 3.63) is 35.4 Å². The van der Waals surface area contributed by atoms with Crippen LogP contribution in [0, 0.1) is 6.92 Å². The summed E-state index contributed by atoms with van der Waals surface area (Å²) in [6, 6.07) is 9.44. The topological polar surface area (TPSA) is 0 Å². The summed E-state index contributed by atoms with van der Waals surface area (Å²) in [5, 5.41) is 0. The molecular formula is C20H36Sn. The van der Waals surface area contributed by atoms with E-state index in [1.807, 2.05) is 0 Å². The third-order valence-corrected chi connectivity index (χ3v) is 20.3. The third-order valence-electron chi connectivity index (χ3n) is 4.88. The molecule has 1 aromatic carbocycles. The van der Waals surface area contributed by atoms with Gasteiger partial charge in [-0.05, 0) is 0 Å². The Kier molecular flexibility index (Phi) is 9.71. The van der Waals surface area contributed by atoms with Crippen molar-refractivity contribution < 1.29 is 0 Å². The first kappa shape index (κ1) is 19.1. The molecular weight excluding hydrogens is 359 g/mol. The van der Waals surface area contributed by atoms with E-state index in [0.717, 1.165) is 0 Å². The summed E-state index contributed by atoms with van der Waals surface area (Å²) in [5.74, 6) is 0. The number of hydrogen-bond acceptors (Lipinski definition) is 0. The first-order valence-corrected chi connectivity index (χ1v) is 17.3. The molecule has 0 aliphatic heterocycles. The van der Waals surface area contributed by atoms with E-state index in [-0.39, 0.29) is 0 Å². The van der Waals surface area contributed by atoms with E-state index in [2.05, 4.69) is 52.0 Å². The van der Waals surface area contributed by atoms with Crippen molar-refractivity contribution in [2.24, 2.45) is 0 Å². The van der Waals surface area contributed by atoms with E-state index in [1.54, 1.807) is 18.9 Å². The molecule has 0 aliphatic carbocycles. The van der Waals surface area contributed by atoms with Crippen LogP contribution in [0.25, 0.3) is 0 Å². The van der Waals surface area contributed by atoms with Crippen LogP contribution >= 0.6 is 0 Å². The van der Waals surface area contributed by atoms with Crippen LogP contribution in [-0.2, 0) is 4.44 Å². The first-order chi connectivity index (χ1) is 10.2. The van der Waals surface area contributed by atoms with Gasteiger partial charge in [-0.15, -0.1) is 0 Å². The summed E-state index contributed by atoms with van der Waals surface area (Å²) in [7, 11) is 0. The molecule has 120 valence electrons. The fraction of sp³-hybridized carbons (Fsp3) is 0.700. The molecule has 0 N–H and O–H groups in total. The molecule has 0 aliphatic rings. The maximum atomic E-state index is 2.41. The molecule has 21 heavy (non-hydrogen) atoms. The summed E-state index contributed by atoms with van der Waals surface area (Å²) < 4.78 is 6.37. The van der Waals surface area contributed by atoms with Gasteiger partial charge in [0.2, 0.25) is 0 Å². The van der Waals surface area contributed by atoms with Gasteiger partial charge in [0.1, 0.15) is 0 Å². The Morgan fingerprint density at radius 2 is 1.14 bits per heavy atom. The number of unbranched alkanes of at least 4 members (excludes halogenated alkanes) is 3. The van der Waals surface area contributed by atoms with Crippen molar-refractivity contribution in [3.63, 3.8) is 0 Å². The fourth-order valence-corrected chi connectivity index (χ4v) is 19.7. The van der Waals surface area contributed by atoms with Crippen molar-refractivity contribution in [2.75, 3.05) is 0 Å². The standard InChI is InChI=1S/C8H9.3C4H9.Sn/c1-7-3-5-8(2)6-4-7;3*1-3-4-2;/h3-6H,1H2,2H3;3*1,3-4H2,2H3;. The predicted molar refractivity (Wildman–Crippen MR) is 99.8 cm³/mol. The number of aryl methyl sites for hydroxylation is 1. The van der Waals surface area contributed by atoms with Crippen LogP contribution in [0.2, 0.25) is 13.3 Å². The Hall–Kier alpha value is 0.0187. The molecule has 0 amide bonds. The van der Waals surface area contributed by atoms with Crippen LogP contribution in [0.5, 0.6) is 0 Å². The predicted octanol–water partition coefficient (Wildman–Crippen LogP) is 6.93. The van der Waals surface area contributed by atoms with Gasteiger partial charge in [-0.3, -0.25) is 0 Å². The summed E-state index contributed by atoms with van der Waals surface area (Å²) in [6.07, 6.45) is 8.58. The molecule has 1 aromatic rings. The van der Waals surface area contributed by atoms with Gasteiger partial charge in [0, 0.05) is 0 Å². The molecule has 0 unspecified atom stereocenters. The van der Waals surface area contributed by atoms with Crippen LogP contribution in [0.1, 0.15) is 70.4 Å². The van der Waals surface area contributed by atoms with Crippen molar-refractivity contribution in [3.8, 4) is 0 Å². The molecule has 0 saturated carbocycles. The van der Waals surface area contributed by atoms with E-state index < -0.39 is 18.4 Å². The molecule has 0 nitrogen and oxygen atoms in total. The molecule has 1 heteroatoms. The van der Waals surface area contributed by atoms with Gasteiger partial charge >= 0.3 is 138 Å². The van der Waals surface area contributed by atoms with Gasteiger partial charge in [0.25, 0.3) is 0 Å². The molecule has 0 radical (unpaired) electrons. The zero-order valence-corrected chi connectivity index (χ0v) is 17.7. The van der Waals surface area contributed by atoms with Crippen LogP contribution < -0.4 is 0 Å². The van der Waals surface area contributed by atoms with Crippen molar-refractivity contribution in [2.45, 2.75) is 84.0 Å². The summed E-state index contributed by atoms with van der Waals surface area (Å²) in [4.78, 5) is 0. The Morgan fingerprint density at radius 3 is 1.52 bits per heavy atom. The van der Waals surface area contributed by atoms with E-state index in [9.17, 15) is 0 Å². The molecule has 0 saturated heterocycles. The Balaban J connectivity index is 2.85. The number of hydrogen-bond donors (Lipinski definition) is 0. The minimum atomic E-state index is -1.97. The normalized spacial score (nSPS) is 11.8. The third kappa shape index (κ3) is 7.21. The van der Waals surface area contributed by atoms with Crippen molar-refractivity contribution in [1.29, 1.82) is 0 Å². The van der Waals surface area contributed by atoms with Crippen LogP contribution in [-0.4, -0.2) is 18.4 Å². The van der Waals surface area contributed by atoms with Gasteiger partial charge in [0.05, 0.1) is 0 Å². The summed E-state index contributed by atoms with van der Waals surface area (Å²) >= 11 is -1.97. The molecule has 0 heterocycles. The number of rotatable bonds is 11. The van der Waals surface area contributed by atoms with Gasteiger partial charge in [-0.2, -0.15) is 0 Å². The van der Waals surface area contributed by atoms with Crippen molar-refractivity contribution in [1.82, 2.24) is 0 Å². The molecule has 0 spiro atoms. The Bertz CT molecular complexity index is 344. The Morgan fingerprint density at radius 1 is 0.714 bits per heavy atom. The monoisotopic (exact) mass is 396 g/mol. The molecule has 0 bridgehead atoms. The zero-order valence-electron chi connectivity index (χ0n) is 14.9. The first-order valence-electron chi connectivity index (χ1n) is 9.21. The quantitative estimate of drug-likeness (QED) is 0.357. The average Bonchev–Trinajstić information content (AvgIpc) is 2.51. The SMILES string of the molecule is CCC[CH2][Sn]([CH2]CCC)([CH2]CCC)[CH2]c1ccc(C)cc1. The van der Waals surface area contributed by atoms with Crippen LogP contribution in [0.15, 0.2) is 24.3 Å². The van der Waals surface area contributed by atoms with E-state index in [0.29, 0.717) is 0 Å². The maximum absolute atomic E-state index is 2.41. The second kappa shape index (κ2) is 10.7. The van der Waals surface area contributed by atoms with Crippen LogP contribution in [0.4, 0.5) is 0 Å². The second-order valence-corrected chi connectivity index (χ2v) is 20.8.